The van der Waals surface area contributed by atoms with Crippen molar-refractivity contribution in [1.82, 2.24) is 9.55 Å². The van der Waals surface area contributed by atoms with Gasteiger partial charge in [0.15, 0.2) is 18.1 Å². The van der Waals surface area contributed by atoms with Gasteiger partial charge in [0, 0.05) is 32.2 Å². The van der Waals surface area contributed by atoms with Crippen molar-refractivity contribution in [3.8, 4) is 5.75 Å². The Hall–Kier alpha value is -4.04. The molecule has 2 fully saturated rings. The molecule has 0 radical (unpaired) electrons. The largest absolute Gasteiger partial charge is 0.566 e. The van der Waals surface area contributed by atoms with Gasteiger partial charge in [0.2, 0.25) is 0 Å². The van der Waals surface area contributed by atoms with Gasteiger partial charge in [-0.05, 0) is 33.4 Å². The van der Waals surface area contributed by atoms with Crippen LogP contribution in [0.25, 0.3) is 0 Å². The summed E-state index contributed by atoms with van der Waals surface area (Å²) in [7, 11) is -0.358. The van der Waals surface area contributed by atoms with Crippen LogP contribution in [0.2, 0.25) is 0 Å². The van der Waals surface area contributed by atoms with E-state index < -0.39 is 55.4 Å². The number of nitrogens with one attached hydrogen (secondary N) is 1. The van der Waals surface area contributed by atoms with Crippen molar-refractivity contribution in [2.24, 2.45) is 0 Å². The Morgan fingerprint density at radius 2 is 1.51 bits per heavy atom. The molecule has 5 atom stereocenters. The van der Waals surface area contributed by atoms with Crippen LogP contribution in [0.1, 0.15) is 35.8 Å². The van der Waals surface area contributed by atoms with E-state index in [0.717, 1.165) is 27.3 Å². The summed E-state index contributed by atoms with van der Waals surface area (Å²) in [6.07, 6.45) is -2.91. The molecule has 4 aromatic rings. The molecule has 258 valence electrons. The lowest BCUT2D eigenvalue weighted by molar-refractivity contribution is -0.294. The van der Waals surface area contributed by atoms with Gasteiger partial charge < -0.3 is 33.3 Å². The maximum atomic E-state index is 13.1. The Morgan fingerprint density at radius 1 is 0.898 bits per heavy atom. The second-order valence-corrected chi connectivity index (χ2v) is 12.3. The number of benzene rings is 3. The van der Waals surface area contributed by atoms with Crippen LogP contribution in [0, 0.1) is 0 Å². The first-order valence-corrected chi connectivity index (χ1v) is 16.9. The van der Waals surface area contributed by atoms with Crippen LogP contribution in [-0.2, 0) is 38.4 Å². The number of methoxy groups -OCH3 is 2. The van der Waals surface area contributed by atoms with Crippen LogP contribution in [0.15, 0.2) is 107 Å². The van der Waals surface area contributed by atoms with Crippen molar-refractivity contribution in [3.05, 3.63) is 135 Å². The number of aromatic amines is 1. The van der Waals surface area contributed by atoms with E-state index in [0.29, 0.717) is 31.8 Å². The van der Waals surface area contributed by atoms with E-state index in [1.165, 1.54) is 13.3 Å². The van der Waals surface area contributed by atoms with Gasteiger partial charge in [-0.2, -0.15) is 0 Å². The maximum absolute atomic E-state index is 13.1. The summed E-state index contributed by atoms with van der Waals surface area (Å²) in [5.74, 6) is -0.539. The van der Waals surface area contributed by atoms with Crippen LogP contribution >= 0.6 is 8.25 Å². The van der Waals surface area contributed by atoms with Crippen LogP contribution in [0.3, 0.4) is 0 Å². The molecule has 0 aliphatic carbocycles. The summed E-state index contributed by atoms with van der Waals surface area (Å²) in [4.78, 5) is 39.5. The van der Waals surface area contributed by atoms with Gasteiger partial charge in [-0.25, -0.2) is 4.79 Å². The summed E-state index contributed by atoms with van der Waals surface area (Å²) in [6.45, 7) is 0.440. The Labute approximate surface area is 283 Å². The fourth-order valence-corrected chi connectivity index (χ4v) is 6.93. The zero-order valence-corrected chi connectivity index (χ0v) is 27.9. The van der Waals surface area contributed by atoms with Gasteiger partial charge in [0.1, 0.15) is 23.6 Å². The lowest BCUT2D eigenvalue weighted by Gasteiger charge is -2.39. The summed E-state index contributed by atoms with van der Waals surface area (Å²) in [5.41, 5.74) is -0.271. The second kappa shape index (κ2) is 15.2. The quantitative estimate of drug-likeness (QED) is 0.124. The van der Waals surface area contributed by atoms with Crippen molar-refractivity contribution < 1.29 is 42.4 Å². The molecule has 2 aliphatic rings. The van der Waals surface area contributed by atoms with Crippen molar-refractivity contribution >= 4 is 8.25 Å². The molecule has 0 amide bonds. The van der Waals surface area contributed by atoms with E-state index >= 15 is 0 Å². The summed E-state index contributed by atoms with van der Waals surface area (Å²) in [6, 6.07) is 27.8. The molecule has 49 heavy (non-hydrogen) atoms. The molecule has 0 bridgehead atoms. The predicted octanol–water partition coefficient (Wildman–Crippen LogP) is 3.39. The van der Waals surface area contributed by atoms with Crippen LogP contribution < -0.4 is 20.9 Å². The van der Waals surface area contributed by atoms with Crippen molar-refractivity contribution in [2.45, 2.75) is 48.8 Å². The minimum absolute atomic E-state index is 0.221. The van der Waals surface area contributed by atoms with E-state index in [1.807, 2.05) is 84.9 Å². The van der Waals surface area contributed by atoms with E-state index in [4.69, 9.17) is 32.9 Å². The van der Waals surface area contributed by atoms with Crippen molar-refractivity contribution in [2.75, 3.05) is 34.0 Å². The zero-order valence-electron chi connectivity index (χ0n) is 27.0. The predicted molar refractivity (Wildman–Crippen MR) is 174 cm³/mol. The van der Waals surface area contributed by atoms with Crippen LogP contribution in [0.4, 0.5) is 0 Å². The molecule has 6 rings (SSSR count). The van der Waals surface area contributed by atoms with Gasteiger partial charge in [-0.15, -0.1) is 4.52 Å². The number of rotatable bonds is 13. The van der Waals surface area contributed by atoms with E-state index in [1.54, 1.807) is 7.11 Å². The number of ether oxygens (including phenoxy) is 6. The monoisotopic (exact) mass is 692 g/mol. The summed E-state index contributed by atoms with van der Waals surface area (Å²) < 4.78 is 55.7. The lowest BCUT2D eigenvalue weighted by atomic mass is 9.80. The number of hydrogen-bond donors (Lipinski definition) is 1. The number of aromatic nitrogens is 2. The highest BCUT2D eigenvalue weighted by Gasteiger charge is 2.55. The molecular weight excluding hydrogens is 655 g/mol. The molecule has 1 unspecified atom stereocenters. The number of H-pyrrole nitrogens is 1. The first-order valence-electron chi connectivity index (χ1n) is 15.8. The molecule has 3 aromatic carbocycles. The standard InChI is InChI=1S/C35H37N2O11P/c1-42-27-15-13-26(14-16-27)35(24-9-5-3-6-10-24,25-11-7-4-8-12-25)45-23-28-30(48-49(40)41)31(47-34(43-2)18-21-44-22-19-34)32(46-28)37-20-17-29(38)36-33(37)39/h3-17,20,28,30-32H,18-19,21-23H2,1-2H3,(H,36,38,39)/t28-,30-,31-,32-/m1/s1. The third kappa shape index (κ3) is 7.30. The van der Waals surface area contributed by atoms with Crippen LogP contribution in [-0.4, -0.2) is 67.7 Å². The summed E-state index contributed by atoms with van der Waals surface area (Å²) in [5, 5.41) is 0. The van der Waals surface area contributed by atoms with Gasteiger partial charge in [-0.1, -0.05) is 72.8 Å². The van der Waals surface area contributed by atoms with Crippen LogP contribution in [0.5, 0.6) is 5.75 Å². The van der Waals surface area contributed by atoms with E-state index in [9.17, 15) is 19.0 Å². The Bertz CT molecular complexity index is 1770. The molecule has 2 saturated heterocycles. The second-order valence-electron chi connectivity index (χ2n) is 11.6. The average molecular weight is 693 g/mol. The molecule has 13 nitrogen and oxygen atoms in total. The molecule has 0 spiro atoms. The van der Waals surface area contributed by atoms with E-state index in [2.05, 4.69) is 4.98 Å². The molecule has 0 saturated carbocycles. The zero-order chi connectivity index (χ0) is 34.4. The average Bonchev–Trinajstić information content (AvgIpc) is 3.45. The van der Waals surface area contributed by atoms with Gasteiger partial charge in [0.05, 0.1) is 26.9 Å². The molecule has 3 heterocycles. The van der Waals surface area contributed by atoms with Gasteiger partial charge in [-0.3, -0.25) is 14.3 Å². The van der Waals surface area contributed by atoms with Gasteiger partial charge >= 0.3 is 13.9 Å². The number of hydrogen-bond acceptors (Lipinski definition) is 11. The Balaban J connectivity index is 1.45. The molecule has 14 heteroatoms. The Kier molecular flexibility index (Phi) is 10.8. The fourth-order valence-electron chi connectivity index (χ4n) is 6.48. The van der Waals surface area contributed by atoms with Crippen molar-refractivity contribution in [3.63, 3.8) is 0 Å². The highest BCUT2D eigenvalue weighted by molar-refractivity contribution is 7.30. The fraction of sp³-hybridized carbons (Fsp3) is 0.371. The lowest BCUT2D eigenvalue weighted by Crippen LogP contribution is -2.49. The third-order valence-electron chi connectivity index (χ3n) is 8.92. The normalized spacial score (nSPS) is 22.5. The van der Waals surface area contributed by atoms with Crippen molar-refractivity contribution in [1.29, 1.82) is 0 Å². The SMILES string of the molecule is COc1ccc(C(OC[C@H]2O[C@@H](n3ccc(=O)[nH]c3=O)[C@H](OC3(OC)CCOCC3)[C@@H]2O[P+](=O)[O-])(c2ccccc2)c2ccccc2)cc1. The first kappa shape index (κ1) is 34.8. The van der Waals surface area contributed by atoms with Gasteiger partial charge in [0.25, 0.3) is 5.56 Å². The first-order chi connectivity index (χ1) is 23.8. The molecule has 2 aliphatic heterocycles. The minimum atomic E-state index is -3.43. The third-order valence-corrected chi connectivity index (χ3v) is 9.33. The smallest absolute Gasteiger partial charge is 0.488 e. The summed E-state index contributed by atoms with van der Waals surface area (Å²) >= 11 is 0. The molecular formula is C35H37N2O11P. The Morgan fingerprint density at radius 3 is 2.06 bits per heavy atom. The minimum Gasteiger partial charge on any atom is -0.566 e. The topological polar surface area (TPSA) is 160 Å². The van der Waals surface area contributed by atoms with E-state index in [-0.39, 0.29) is 6.61 Å². The molecule has 1 aromatic heterocycles. The maximum Gasteiger partial charge on any atom is 0.488 e. The highest BCUT2D eigenvalue weighted by Crippen LogP contribution is 2.44. The number of nitrogens with zero attached hydrogens (tertiary/aromatic N) is 1. The molecule has 1 N–H and O–H groups in total. The highest BCUT2D eigenvalue weighted by atomic mass is 31.1.